The van der Waals surface area contributed by atoms with Crippen molar-refractivity contribution < 1.29 is 9.84 Å². The predicted octanol–water partition coefficient (Wildman–Crippen LogP) is 4.13. The van der Waals surface area contributed by atoms with E-state index in [1.54, 1.807) is 0 Å². The maximum Gasteiger partial charge on any atom is 0.139 e. The van der Waals surface area contributed by atoms with E-state index in [0.717, 1.165) is 15.6 Å². The summed E-state index contributed by atoms with van der Waals surface area (Å²) in [6.45, 7) is 0.466. The van der Waals surface area contributed by atoms with Crippen LogP contribution >= 0.6 is 38.5 Å². The molecule has 0 spiro atoms. The summed E-state index contributed by atoms with van der Waals surface area (Å²) in [5.74, 6) is 0.707. The Kier molecular flexibility index (Phi) is 5.03. The monoisotopic (exact) mass is 418 g/mol. The van der Waals surface area contributed by atoms with Crippen LogP contribution in [0.2, 0.25) is 0 Å². The molecule has 0 heterocycles. The third kappa shape index (κ3) is 3.46. The molecule has 4 heteroatoms. The van der Waals surface area contributed by atoms with Gasteiger partial charge in [0.1, 0.15) is 12.4 Å². The maximum atomic E-state index is 9.27. The van der Waals surface area contributed by atoms with Crippen molar-refractivity contribution in [1.29, 1.82) is 0 Å². The van der Waals surface area contributed by atoms with Crippen molar-refractivity contribution in [2.75, 3.05) is 0 Å². The molecule has 0 bridgehead atoms. The van der Waals surface area contributed by atoms with E-state index in [9.17, 15) is 5.11 Å². The van der Waals surface area contributed by atoms with Gasteiger partial charge < -0.3 is 9.84 Å². The molecule has 0 amide bonds. The minimum atomic E-state index is -0.0263. The molecule has 0 aliphatic heterocycles. The fraction of sp³-hybridized carbons (Fsp3) is 0.143. The van der Waals surface area contributed by atoms with Gasteiger partial charge in [-0.15, -0.1) is 0 Å². The van der Waals surface area contributed by atoms with E-state index in [1.807, 2.05) is 42.5 Å². The van der Waals surface area contributed by atoms with Crippen LogP contribution in [0.5, 0.6) is 5.75 Å². The molecule has 0 aliphatic carbocycles. The molecule has 2 aromatic carbocycles. The van der Waals surface area contributed by atoms with Crippen LogP contribution in [0.1, 0.15) is 11.1 Å². The van der Waals surface area contributed by atoms with E-state index in [2.05, 4.69) is 38.5 Å². The van der Waals surface area contributed by atoms with Crippen LogP contribution in [-0.4, -0.2) is 5.11 Å². The minimum absolute atomic E-state index is 0.0263. The number of ether oxygens (including phenoxy) is 1. The number of benzene rings is 2. The topological polar surface area (TPSA) is 29.5 Å². The van der Waals surface area contributed by atoms with Crippen LogP contribution in [-0.2, 0) is 13.2 Å². The average Bonchev–Trinajstić information content (AvgIpc) is 2.39. The quantitative estimate of drug-likeness (QED) is 0.756. The lowest BCUT2D eigenvalue weighted by Crippen LogP contribution is -1.99. The Bertz CT molecular complexity index is 526. The summed E-state index contributed by atoms with van der Waals surface area (Å²) in [7, 11) is 0. The van der Waals surface area contributed by atoms with Crippen molar-refractivity contribution in [3.8, 4) is 5.75 Å². The van der Waals surface area contributed by atoms with Crippen LogP contribution in [0.15, 0.2) is 46.9 Å². The van der Waals surface area contributed by atoms with Gasteiger partial charge in [0.2, 0.25) is 0 Å². The van der Waals surface area contributed by atoms with Crippen LogP contribution in [0.4, 0.5) is 0 Å². The molecule has 0 aliphatic rings. The molecule has 18 heavy (non-hydrogen) atoms. The van der Waals surface area contributed by atoms with Gasteiger partial charge in [-0.1, -0.05) is 24.3 Å². The first-order valence-electron chi connectivity index (χ1n) is 5.46. The number of para-hydroxylation sites is 1. The Morgan fingerprint density at radius 3 is 2.50 bits per heavy atom. The average molecular weight is 419 g/mol. The number of aliphatic hydroxyl groups is 1. The lowest BCUT2D eigenvalue weighted by atomic mass is 10.2. The number of hydrogen-bond donors (Lipinski definition) is 1. The van der Waals surface area contributed by atoms with Crippen LogP contribution in [0, 0.1) is 3.57 Å². The number of rotatable bonds is 4. The Balaban J connectivity index is 2.12. The first kappa shape index (κ1) is 13.8. The molecular formula is C14H12BrIO2. The SMILES string of the molecule is OCc1cccc(Br)c1OCc1ccc(I)cc1. The Hall–Kier alpha value is -0.590. The van der Waals surface area contributed by atoms with Gasteiger partial charge in [-0.3, -0.25) is 0 Å². The minimum Gasteiger partial charge on any atom is -0.487 e. The molecule has 0 saturated carbocycles. The first-order valence-corrected chi connectivity index (χ1v) is 7.33. The van der Waals surface area contributed by atoms with Crippen LogP contribution in [0.25, 0.3) is 0 Å². The highest BCUT2D eigenvalue weighted by molar-refractivity contribution is 14.1. The summed E-state index contributed by atoms with van der Waals surface area (Å²) in [5.41, 5.74) is 1.89. The molecule has 0 unspecified atom stereocenters. The van der Waals surface area contributed by atoms with Crippen molar-refractivity contribution in [1.82, 2.24) is 0 Å². The largest absolute Gasteiger partial charge is 0.487 e. The van der Waals surface area contributed by atoms with Crippen LogP contribution in [0.3, 0.4) is 0 Å². The van der Waals surface area contributed by atoms with Crippen LogP contribution < -0.4 is 4.74 Å². The standard InChI is InChI=1S/C14H12BrIO2/c15-13-3-1-2-11(8-17)14(13)18-9-10-4-6-12(16)7-5-10/h1-7,17H,8-9H2. The molecule has 0 saturated heterocycles. The number of hydrogen-bond acceptors (Lipinski definition) is 2. The highest BCUT2D eigenvalue weighted by atomic mass is 127. The molecule has 1 N–H and O–H groups in total. The summed E-state index contributed by atoms with van der Waals surface area (Å²) in [6.07, 6.45) is 0. The van der Waals surface area contributed by atoms with Crippen molar-refractivity contribution >= 4 is 38.5 Å². The normalized spacial score (nSPS) is 10.4. The maximum absolute atomic E-state index is 9.27. The van der Waals surface area contributed by atoms with Crippen molar-refractivity contribution in [3.63, 3.8) is 0 Å². The van der Waals surface area contributed by atoms with Gasteiger partial charge in [0.05, 0.1) is 11.1 Å². The summed E-state index contributed by atoms with van der Waals surface area (Å²) in [5, 5.41) is 9.27. The third-order valence-electron chi connectivity index (χ3n) is 2.52. The summed E-state index contributed by atoms with van der Waals surface area (Å²) in [6, 6.07) is 13.8. The molecule has 0 radical (unpaired) electrons. The number of halogens is 2. The van der Waals surface area contributed by atoms with Gasteiger partial charge in [-0.2, -0.15) is 0 Å². The highest BCUT2D eigenvalue weighted by Gasteiger charge is 2.07. The molecule has 0 aromatic heterocycles. The predicted molar refractivity (Wildman–Crippen MR) is 83.6 cm³/mol. The summed E-state index contributed by atoms with van der Waals surface area (Å²) in [4.78, 5) is 0. The van der Waals surface area contributed by atoms with Gasteiger partial charge in [-0.25, -0.2) is 0 Å². The smallest absolute Gasteiger partial charge is 0.139 e. The lowest BCUT2D eigenvalue weighted by molar-refractivity contribution is 0.258. The molecule has 94 valence electrons. The molecule has 0 fully saturated rings. The van der Waals surface area contributed by atoms with E-state index in [4.69, 9.17) is 4.74 Å². The second-order valence-electron chi connectivity index (χ2n) is 3.80. The zero-order valence-corrected chi connectivity index (χ0v) is 13.3. The zero-order valence-electron chi connectivity index (χ0n) is 9.57. The van der Waals surface area contributed by atoms with Gasteiger partial charge in [-0.05, 0) is 62.3 Å². The summed E-state index contributed by atoms with van der Waals surface area (Å²) < 4.78 is 7.84. The van der Waals surface area contributed by atoms with Gasteiger partial charge in [0, 0.05) is 9.13 Å². The lowest BCUT2D eigenvalue weighted by Gasteiger charge is -2.12. The van der Waals surface area contributed by atoms with Crippen molar-refractivity contribution in [2.24, 2.45) is 0 Å². The molecule has 2 nitrogen and oxygen atoms in total. The number of aliphatic hydroxyl groups excluding tert-OH is 1. The van der Waals surface area contributed by atoms with E-state index in [-0.39, 0.29) is 6.61 Å². The van der Waals surface area contributed by atoms with E-state index >= 15 is 0 Å². The molecular weight excluding hydrogens is 407 g/mol. The zero-order chi connectivity index (χ0) is 13.0. The molecule has 2 aromatic rings. The van der Waals surface area contributed by atoms with E-state index in [1.165, 1.54) is 3.57 Å². The van der Waals surface area contributed by atoms with Gasteiger partial charge >= 0.3 is 0 Å². The van der Waals surface area contributed by atoms with E-state index < -0.39 is 0 Å². The Labute approximate surface area is 128 Å². The molecule has 0 atom stereocenters. The third-order valence-corrected chi connectivity index (χ3v) is 3.86. The Morgan fingerprint density at radius 1 is 1.11 bits per heavy atom. The Morgan fingerprint density at radius 2 is 1.83 bits per heavy atom. The second-order valence-corrected chi connectivity index (χ2v) is 5.90. The fourth-order valence-corrected chi connectivity index (χ4v) is 2.46. The highest BCUT2D eigenvalue weighted by Crippen LogP contribution is 2.29. The second kappa shape index (κ2) is 6.54. The fourth-order valence-electron chi connectivity index (χ4n) is 1.58. The van der Waals surface area contributed by atoms with Crippen molar-refractivity contribution in [2.45, 2.75) is 13.2 Å². The van der Waals surface area contributed by atoms with Crippen molar-refractivity contribution in [3.05, 3.63) is 61.6 Å². The van der Waals surface area contributed by atoms with Gasteiger partial charge in [0.25, 0.3) is 0 Å². The first-order chi connectivity index (χ1) is 8.70. The van der Waals surface area contributed by atoms with E-state index in [0.29, 0.717) is 12.4 Å². The summed E-state index contributed by atoms with van der Waals surface area (Å²) >= 11 is 5.71. The van der Waals surface area contributed by atoms with Gasteiger partial charge in [0.15, 0.2) is 0 Å². The molecule has 2 rings (SSSR count).